The predicted octanol–water partition coefficient (Wildman–Crippen LogP) is 3.04. The number of hydrogen-bond acceptors (Lipinski definition) is 3. The summed E-state index contributed by atoms with van der Waals surface area (Å²) in [7, 11) is 1.98. The highest BCUT2D eigenvalue weighted by molar-refractivity contribution is 6.07. The van der Waals surface area contributed by atoms with Gasteiger partial charge in [-0.05, 0) is 50.2 Å². The first-order valence-electron chi connectivity index (χ1n) is 10.4. The minimum Gasteiger partial charge on any atom is -0.342 e. The fourth-order valence-corrected chi connectivity index (χ4v) is 4.60. The number of fused-ring (bicyclic) bond motifs is 1. The number of piperidine rings is 1. The number of carbonyl (C=O) groups is 2. The van der Waals surface area contributed by atoms with E-state index in [-0.39, 0.29) is 17.7 Å². The summed E-state index contributed by atoms with van der Waals surface area (Å²) in [5.74, 6) is 0.691. The minimum absolute atomic E-state index is 0.0543. The summed E-state index contributed by atoms with van der Waals surface area (Å²) in [6, 6.07) is 14.1. The molecule has 1 N–H and O–H groups in total. The molecule has 2 aliphatic heterocycles. The molecule has 2 aromatic rings. The fraction of sp³-hybridized carbons (Fsp3) is 0.478. The summed E-state index contributed by atoms with van der Waals surface area (Å²) in [6.45, 7) is 3.18. The van der Waals surface area contributed by atoms with E-state index < -0.39 is 0 Å². The summed E-state index contributed by atoms with van der Waals surface area (Å²) < 4.78 is 0. The van der Waals surface area contributed by atoms with Gasteiger partial charge >= 0.3 is 0 Å². The molecule has 1 atom stereocenters. The van der Waals surface area contributed by atoms with Gasteiger partial charge in [-0.1, -0.05) is 36.4 Å². The van der Waals surface area contributed by atoms with Gasteiger partial charge in [-0.15, -0.1) is 0 Å². The van der Waals surface area contributed by atoms with Crippen molar-refractivity contribution in [3.05, 3.63) is 42.5 Å². The van der Waals surface area contributed by atoms with Crippen LogP contribution in [0.2, 0.25) is 0 Å². The van der Waals surface area contributed by atoms with Gasteiger partial charge in [0.1, 0.15) is 0 Å². The van der Waals surface area contributed by atoms with Gasteiger partial charge in [-0.25, -0.2) is 0 Å². The standard InChI is InChI=1S/C23H29N3O2/c1-24-12-9-17-10-13-25(14-11-17)23(28)19-15-22(27)26(16-19)21-8-4-6-18-5-2-3-7-20(18)21/h2-8,17,19,24H,9-16H2,1H3. The molecule has 0 bridgehead atoms. The van der Waals surface area contributed by atoms with E-state index in [0.717, 1.165) is 48.9 Å². The molecule has 0 radical (unpaired) electrons. The third-order valence-corrected chi connectivity index (χ3v) is 6.26. The van der Waals surface area contributed by atoms with Gasteiger partial charge in [0.05, 0.1) is 11.6 Å². The number of rotatable bonds is 5. The van der Waals surface area contributed by atoms with E-state index >= 15 is 0 Å². The quantitative estimate of drug-likeness (QED) is 0.869. The van der Waals surface area contributed by atoms with E-state index in [1.54, 1.807) is 0 Å². The van der Waals surface area contributed by atoms with E-state index in [4.69, 9.17) is 0 Å². The number of nitrogens with zero attached hydrogens (tertiary/aromatic N) is 2. The van der Waals surface area contributed by atoms with Crippen molar-refractivity contribution in [3.63, 3.8) is 0 Å². The normalized spacial score (nSPS) is 20.9. The molecule has 0 spiro atoms. The maximum absolute atomic E-state index is 13.0. The molecule has 2 saturated heterocycles. The predicted molar refractivity (Wildman–Crippen MR) is 112 cm³/mol. The molecule has 2 heterocycles. The van der Waals surface area contributed by atoms with Crippen LogP contribution in [0.15, 0.2) is 42.5 Å². The van der Waals surface area contributed by atoms with Crippen LogP contribution in [0, 0.1) is 11.8 Å². The first-order valence-corrected chi connectivity index (χ1v) is 10.4. The first kappa shape index (κ1) is 18.9. The van der Waals surface area contributed by atoms with Crippen LogP contribution in [-0.2, 0) is 9.59 Å². The van der Waals surface area contributed by atoms with Gasteiger partial charge in [-0.3, -0.25) is 9.59 Å². The third kappa shape index (κ3) is 3.76. The van der Waals surface area contributed by atoms with Crippen LogP contribution < -0.4 is 10.2 Å². The fourth-order valence-electron chi connectivity index (χ4n) is 4.60. The lowest BCUT2D eigenvalue weighted by molar-refractivity contribution is -0.137. The van der Waals surface area contributed by atoms with Crippen molar-refractivity contribution in [2.24, 2.45) is 11.8 Å². The van der Waals surface area contributed by atoms with E-state index in [9.17, 15) is 9.59 Å². The number of amides is 2. The number of nitrogens with one attached hydrogen (secondary N) is 1. The van der Waals surface area contributed by atoms with Crippen molar-refractivity contribution in [2.75, 3.05) is 38.1 Å². The molecule has 0 aromatic heterocycles. The first-order chi connectivity index (χ1) is 13.7. The smallest absolute Gasteiger partial charge is 0.228 e. The Morgan fingerprint density at radius 3 is 2.64 bits per heavy atom. The molecule has 0 aliphatic carbocycles. The summed E-state index contributed by atoms with van der Waals surface area (Å²) in [4.78, 5) is 29.6. The summed E-state index contributed by atoms with van der Waals surface area (Å²) in [5.41, 5.74) is 0.921. The Morgan fingerprint density at radius 1 is 1.11 bits per heavy atom. The van der Waals surface area contributed by atoms with Crippen molar-refractivity contribution in [2.45, 2.75) is 25.7 Å². The van der Waals surface area contributed by atoms with Crippen LogP contribution in [0.5, 0.6) is 0 Å². The summed E-state index contributed by atoms with van der Waals surface area (Å²) in [6.07, 6.45) is 3.64. The van der Waals surface area contributed by atoms with Crippen LogP contribution in [0.4, 0.5) is 5.69 Å². The Hall–Kier alpha value is -2.40. The van der Waals surface area contributed by atoms with Crippen molar-refractivity contribution >= 4 is 28.3 Å². The van der Waals surface area contributed by atoms with Gasteiger partial charge < -0.3 is 15.1 Å². The SMILES string of the molecule is CNCCC1CCN(C(=O)C2CC(=O)N(c3cccc4ccccc34)C2)CC1. The monoisotopic (exact) mass is 379 g/mol. The Kier molecular flexibility index (Phi) is 5.62. The Balaban J connectivity index is 1.43. The Labute approximate surface area is 166 Å². The zero-order valence-electron chi connectivity index (χ0n) is 16.6. The second kappa shape index (κ2) is 8.31. The van der Waals surface area contributed by atoms with Crippen LogP contribution in [0.1, 0.15) is 25.7 Å². The lowest BCUT2D eigenvalue weighted by Gasteiger charge is -2.33. The van der Waals surface area contributed by atoms with E-state index in [1.165, 1.54) is 6.42 Å². The molecule has 4 rings (SSSR count). The van der Waals surface area contributed by atoms with Crippen molar-refractivity contribution in [1.29, 1.82) is 0 Å². The third-order valence-electron chi connectivity index (χ3n) is 6.26. The van der Waals surface area contributed by atoms with Crippen LogP contribution >= 0.6 is 0 Å². The Bertz CT molecular complexity index is 853. The maximum Gasteiger partial charge on any atom is 0.228 e. The molecule has 2 aliphatic rings. The second-order valence-electron chi connectivity index (χ2n) is 8.06. The van der Waals surface area contributed by atoms with E-state index in [0.29, 0.717) is 18.9 Å². The lowest BCUT2D eigenvalue weighted by atomic mass is 9.92. The number of anilines is 1. The molecule has 2 aromatic carbocycles. The molecular weight excluding hydrogens is 350 g/mol. The number of hydrogen-bond donors (Lipinski definition) is 1. The van der Waals surface area contributed by atoms with Gasteiger partial charge in [0, 0.05) is 31.4 Å². The molecular formula is C23H29N3O2. The topological polar surface area (TPSA) is 52.7 Å². The van der Waals surface area contributed by atoms with Crippen LogP contribution in [0.25, 0.3) is 10.8 Å². The molecule has 0 saturated carbocycles. The molecule has 2 amide bonds. The van der Waals surface area contributed by atoms with Gasteiger partial charge in [0.25, 0.3) is 0 Å². The Morgan fingerprint density at radius 2 is 1.86 bits per heavy atom. The highest BCUT2D eigenvalue weighted by atomic mass is 16.2. The van der Waals surface area contributed by atoms with Crippen molar-refractivity contribution < 1.29 is 9.59 Å². The molecule has 5 nitrogen and oxygen atoms in total. The summed E-state index contributed by atoms with van der Waals surface area (Å²) in [5, 5.41) is 5.39. The molecule has 148 valence electrons. The van der Waals surface area contributed by atoms with Gasteiger partial charge in [0.2, 0.25) is 11.8 Å². The molecule has 2 fully saturated rings. The average Bonchev–Trinajstić information content (AvgIpc) is 3.13. The van der Waals surface area contributed by atoms with Crippen molar-refractivity contribution in [1.82, 2.24) is 10.2 Å². The van der Waals surface area contributed by atoms with Crippen molar-refractivity contribution in [3.8, 4) is 0 Å². The molecule has 5 heteroatoms. The highest BCUT2D eigenvalue weighted by Crippen LogP contribution is 2.33. The van der Waals surface area contributed by atoms with Crippen LogP contribution in [-0.4, -0.2) is 49.9 Å². The lowest BCUT2D eigenvalue weighted by Crippen LogP contribution is -2.42. The largest absolute Gasteiger partial charge is 0.342 e. The average molecular weight is 380 g/mol. The van der Waals surface area contributed by atoms with E-state index in [1.807, 2.05) is 47.2 Å². The molecule has 1 unspecified atom stereocenters. The van der Waals surface area contributed by atoms with Gasteiger partial charge in [-0.2, -0.15) is 0 Å². The summed E-state index contributed by atoms with van der Waals surface area (Å²) >= 11 is 0. The zero-order valence-corrected chi connectivity index (χ0v) is 16.6. The zero-order chi connectivity index (χ0) is 19.5. The maximum atomic E-state index is 13.0. The molecule has 28 heavy (non-hydrogen) atoms. The number of likely N-dealkylation sites (tertiary alicyclic amines) is 1. The minimum atomic E-state index is -0.222. The van der Waals surface area contributed by atoms with Crippen LogP contribution in [0.3, 0.4) is 0 Å². The number of benzene rings is 2. The van der Waals surface area contributed by atoms with E-state index in [2.05, 4.69) is 17.4 Å². The number of carbonyl (C=O) groups excluding carboxylic acids is 2. The highest BCUT2D eigenvalue weighted by Gasteiger charge is 2.38. The second-order valence-corrected chi connectivity index (χ2v) is 8.06. The van der Waals surface area contributed by atoms with Gasteiger partial charge in [0.15, 0.2) is 0 Å².